The van der Waals surface area contributed by atoms with Crippen LogP contribution in [0.5, 0.6) is 5.75 Å². The number of thioether (sulfide) groups is 1. The Bertz CT molecular complexity index is 304. The molecule has 1 heterocycles. The highest BCUT2D eigenvalue weighted by atomic mass is 32.2. The van der Waals surface area contributed by atoms with Crippen LogP contribution in [0, 0.1) is 0 Å². The molecule has 0 bridgehead atoms. The van der Waals surface area contributed by atoms with Crippen LogP contribution < -0.4 is 10.1 Å². The number of ether oxygens (including phenoxy) is 1. The number of benzene rings is 1. The Hall–Kier alpha value is -0.670. The van der Waals surface area contributed by atoms with Gasteiger partial charge in [0.1, 0.15) is 5.75 Å². The van der Waals surface area contributed by atoms with E-state index in [1.807, 2.05) is 23.9 Å². The van der Waals surface area contributed by atoms with Crippen molar-refractivity contribution in [1.29, 1.82) is 0 Å². The van der Waals surface area contributed by atoms with E-state index in [0.717, 1.165) is 12.3 Å². The average Bonchev–Trinajstić information content (AvgIpc) is 2.67. The summed E-state index contributed by atoms with van der Waals surface area (Å²) in [5.41, 5.74) is 1.32. The van der Waals surface area contributed by atoms with Crippen LogP contribution in [-0.2, 0) is 4.87 Å². The van der Waals surface area contributed by atoms with Crippen molar-refractivity contribution in [3.63, 3.8) is 0 Å². The lowest BCUT2D eigenvalue weighted by Gasteiger charge is -2.23. The SMILES string of the molecule is COc1ccc(C2(C)NCCS2)cc1. The van der Waals surface area contributed by atoms with Crippen LogP contribution in [-0.4, -0.2) is 19.4 Å². The van der Waals surface area contributed by atoms with Crippen LogP contribution in [0.25, 0.3) is 0 Å². The van der Waals surface area contributed by atoms with E-state index < -0.39 is 0 Å². The van der Waals surface area contributed by atoms with E-state index in [-0.39, 0.29) is 4.87 Å². The van der Waals surface area contributed by atoms with Crippen molar-refractivity contribution >= 4 is 11.8 Å². The third-order valence-corrected chi connectivity index (χ3v) is 3.96. The van der Waals surface area contributed by atoms with Gasteiger partial charge in [-0.15, -0.1) is 11.8 Å². The van der Waals surface area contributed by atoms with Gasteiger partial charge >= 0.3 is 0 Å². The third kappa shape index (κ3) is 1.74. The largest absolute Gasteiger partial charge is 0.497 e. The summed E-state index contributed by atoms with van der Waals surface area (Å²) in [6.07, 6.45) is 0. The Morgan fingerprint density at radius 3 is 2.57 bits per heavy atom. The van der Waals surface area contributed by atoms with Crippen molar-refractivity contribution < 1.29 is 4.74 Å². The molecule has 1 aromatic carbocycles. The van der Waals surface area contributed by atoms with Gasteiger partial charge in [0.2, 0.25) is 0 Å². The van der Waals surface area contributed by atoms with Crippen LogP contribution in [0.3, 0.4) is 0 Å². The zero-order chi connectivity index (χ0) is 10.0. The fraction of sp³-hybridized carbons (Fsp3) is 0.455. The van der Waals surface area contributed by atoms with Gasteiger partial charge < -0.3 is 4.74 Å². The molecule has 2 nitrogen and oxygen atoms in total. The summed E-state index contributed by atoms with van der Waals surface area (Å²) in [4.78, 5) is 0.0896. The lowest BCUT2D eigenvalue weighted by molar-refractivity contribution is 0.414. The molecule has 0 radical (unpaired) electrons. The lowest BCUT2D eigenvalue weighted by atomic mass is 10.1. The van der Waals surface area contributed by atoms with Crippen LogP contribution in [0.1, 0.15) is 12.5 Å². The highest BCUT2D eigenvalue weighted by molar-refractivity contribution is 8.00. The second kappa shape index (κ2) is 3.83. The van der Waals surface area contributed by atoms with Gasteiger partial charge in [-0.1, -0.05) is 12.1 Å². The molecule has 1 atom stereocenters. The molecule has 76 valence electrons. The molecule has 1 aromatic rings. The highest BCUT2D eigenvalue weighted by Gasteiger charge is 2.30. The van der Waals surface area contributed by atoms with E-state index in [1.54, 1.807) is 7.11 Å². The molecule has 1 saturated heterocycles. The standard InChI is InChI=1S/C11H15NOS/c1-11(12-7-8-14-11)9-3-5-10(13-2)6-4-9/h3-6,12H,7-8H2,1-2H3. The maximum absolute atomic E-state index is 5.14. The fourth-order valence-electron chi connectivity index (χ4n) is 1.69. The first kappa shape index (κ1) is 9.87. The van der Waals surface area contributed by atoms with Gasteiger partial charge in [-0.2, -0.15) is 0 Å². The van der Waals surface area contributed by atoms with E-state index >= 15 is 0 Å². The molecular weight excluding hydrogens is 194 g/mol. The molecule has 0 spiro atoms. The van der Waals surface area contributed by atoms with Gasteiger partial charge in [0, 0.05) is 12.3 Å². The summed E-state index contributed by atoms with van der Waals surface area (Å²) in [5, 5.41) is 3.51. The zero-order valence-electron chi connectivity index (χ0n) is 8.54. The molecule has 0 aliphatic carbocycles. The van der Waals surface area contributed by atoms with Crippen molar-refractivity contribution in [2.45, 2.75) is 11.8 Å². The van der Waals surface area contributed by atoms with Gasteiger partial charge in [0.15, 0.2) is 0 Å². The summed E-state index contributed by atoms with van der Waals surface area (Å²) >= 11 is 1.96. The molecule has 0 aromatic heterocycles. The van der Waals surface area contributed by atoms with Crippen molar-refractivity contribution in [1.82, 2.24) is 5.32 Å². The molecule has 2 rings (SSSR count). The summed E-state index contributed by atoms with van der Waals surface area (Å²) in [6, 6.07) is 8.29. The van der Waals surface area contributed by atoms with Gasteiger partial charge in [-0.05, 0) is 24.6 Å². The Morgan fingerprint density at radius 2 is 2.07 bits per heavy atom. The first-order valence-electron chi connectivity index (χ1n) is 4.78. The van der Waals surface area contributed by atoms with Gasteiger partial charge in [0.05, 0.1) is 12.0 Å². The van der Waals surface area contributed by atoms with Crippen LogP contribution in [0.4, 0.5) is 0 Å². The summed E-state index contributed by atoms with van der Waals surface area (Å²) < 4.78 is 5.14. The summed E-state index contributed by atoms with van der Waals surface area (Å²) in [7, 11) is 1.69. The normalized spacial score (nSPS) is 26.4. The lowest BCUT2D eigenvalue weighted by Crippen LogP contribution is -2.30. The molecule has 1 fully saturated rings. The van der Waals surface area contributed by atoms with E-state index in [9.17, 15) is 0 Å². The van der Waals surface area contributed by atoms with E-state index in [0.29, 0.717) is 0 Å². The number of rotatable bonds is 2. The number of methoxy groups -OCH3 is 1. The fourth-order valence-corrected chi connectivity index (χ4v) is 2.81. The summed E-state index contributed by atoms with van der Waals surface area (Å²) in [5.74, 6) is 2.10. The predicted octanol–water partition coefficient (Wildman–Crippen LogP) is 2.20. The second-order valence-electron chi connectivity index (χ2n) is 3.54. The van der Waals surface area contributed by atoms with Gasteiger partial charge in [0.25, 0.3) is 0 Å². The first-order chi connectivity index (χ1) is 6.74. The quantitative estimate of drug-likeness (QED) is 0.807. The molecule has 1 aliphatic rings. The first-order valence-corrected chi connectivity index (χ1v) is 5.77. The molecule has 3 heteroatoms. The van der Waals surface area contributed by atoms with Crippen molar-refractivity contribution in [2.24, 2.45) is 0 Å². The average molecular weight is 209 g/mol. The Balaban J connectivity index is 2.23. The van der Waals surface area contributed by atoms with Crippen LogP contribution in [0.15, 0.2) is 24.3 Å². The van der Waals surface area contributed by atoms with E-state index in [4.69, 9.17) is 4.74 Å². The van der Waals surface area contributed by atoms with Crippen molar-refractivity contribution in [2.75, 3.05) is 19.4 Å². The topological polar surface area (TPSA) is 21.3 Å². The maximum atomic E-state index is 5.14. The molecule has 1 aliphatic heterocycles. The Kier molecular flexibility index (Phi) is 2.70. The highest BCUT2D eigenvalue weighted by Crippen LogP contribution is 2.37. The number of hydrogen-bond donors (Lipinski definition) is 1. The van der Waals surface area contributed by atoms with Crippen LogP contribution in [0.2, 0.25) is 0 Å². The zero-order valence-corrected chi connectivity index (χ0v) is 9.36. The predicted molar refractivity (Wildman–Crippen MR) is 60.8 cm³/mol. The van der Waals surface area contributed by atoms with E-state index in [2.05, 4.69) is 24.4 Å². The molecule has 1 N–H and O–H groups in total. The molecule has 1 unspecified atom stereocenters. The minimum absolute atomic E-state index is 0.0896. The monoisotopic (exact) mass is 209 g/mol. The molecule has 0 saturated carbocycles. The Morgan fingerprint density at radius 1 is 1.36 bits per heavy atom. The van der Waals surface area contributed by atoms with Crippen LogP contribution >= 0.6 is 11.8 Å². The molecule has 14 heavy (non-hydrogen) atoms. The summed E-state index contributed by atoms with van der Waals surface area (Å²) in [6.45, 7) is 3.32. The van der Waals surface area contributed by atoms with Crippen molar-refractivity contribution in [3.05, 3.63) is 29.8 Å². The Labute approximate surface area is 89.0 Å². The van der Waals surface area contributed by atoms with Gasteiger partial charge in [-0.3, -0.25) is 5.32 Å². The van der Waals surface area contributed by atoms with E-state index in [1.165, 1.54) is 11.3 Å². The minimum Gasteiger partial charge on any atom is -0.497 e. The maximum Gasteiger partial charge on any atom is 0.118 e. The minimum atomic E-state index is 0.0896. The molecule has 0 amide bonds. The van der Waals surface area contributed by atoms with Crippen molar-refractivity contribution in [3.8, 4) is 5.75 Å². The number of nitrogens with one attached hydrogen (secondary N) is 1. The third-order valence-electron chi connectivity index (χ3n) is 2.60. The van der Waals surface area contributed by atoms with Gasteiger partial charge in [-0.25, -0.2) is 0 Å². The smallest absolute Gasteiger partial charge is 0.118 e. The number of hydrogen-bond acceptors (Lipinski definition) is 3. The second-order valence-corrected chi connectivity index (χ2v) is 5.05. The molecular formula is C11H15NOS.